The molecule has 0 fully saturated rings. The Hall–Kier alpha value is -2.56. The molecular formula is C15H14FN3O. The van der Waals surface area contributed by atoms with Gasteiger partial charge in [0, 0.05) is 19.3 Å². The molecule has 1 aromatic heterocycles. The van der Waals surface area contributed by atoms with Crippen molar-refractivity contribution in [3.63, 3.8) is 0 Å². The number of halogens is 1. The van der Waals surface area contributed by atoms with E-state index >= 15 is 0 Å². The summed E-state index contributed by atoms with van der Waals surface area (Å²) in [5.74, 6) is -0.249. The molecule has 0 aliphatic carbocycles. The summed E-state index contributed by atoms with van der Waals surface area (Å²) < 4.78 is 18.8. The number of nitrogens with two attached hydrogens (primary N) is 1. The fraction of sp³-hybridized carbons (Fsp3) is 0.133. The molecule has 0 saturated heterocycles. The molecule has 102 valence electrons. The highest BCUT2D eigenvalue weighted by Crippen LogP contribution is 2.23. The number of hydrogen-bond donors (Lipinski definition) is 1. The zero-order chi connectivity index (χ0) is 14.1. The lowest BCUT2D eigenvalue weighted by atomic mass is 10.2. The van der Waals surface area contributed by atoms with Crippen molar-refractivity contribution in [3.05, 3.63) is 53.8 Å². The number of nitrogens with zero attached hydrogens (tertiary/aromatic N) is 2. The molecule has 0 aliphatic rings. The summed E-state index contributed by atoms with van der Waals surface area (Å²) in [7, 11) is 1.85. The van der Waals surface area contributed by atoms with Crippen molar-refractivity contribution in [2.75, 3.05) is 17.7 Å². The van der Waals surface area contributed by atoms with E-state index in [9.17, 15) is 4.39 Å². The van der Waals surface area contributed by atoms with Crippen molar-refractivity contribution in [1.82, 2.24) is 4.98 Å². The molecule has 4 nitrogen and oxygen atoms in total. The van der Waals surface area contributed by atoms with Crippen LogP contribution in [0.15, 0.2) is 46.9 Å². The van der Waals surface area contributed by atoms with Crippen LogP contribution < -0.4 is 10.6 Å². The molecule has 0 amide bonds. The van der Waals surface area contributed by atoms with Gasteiger partial charge < -0.3 is 15.1 Å². The normalized spacial score (nSPS) is 10.9. The van der Waals surface area contributed by atoms with Gasteiger partial charge in [-0.25, -0.2) is 4.39 Å². The van der Waals surface area contributed by atoms with Crippen LogP contribution in [0.5, 0.6) is 0 Å². The molecule has 3 rings (SSSR count). The van der Waals surface area contributed by atoms with Crippen LogP contribution in [0.3, 0.4) is 0 Å². The average Bonchev–Trinajstić information content (AvgIpc) is 2.81. The Morgan fingerprint density at radius 2 is 2.10 bits per heavy atom. The molecule has 0 atom stereocenters. The van der Waals surface area contributed by atoms with Crippen molar-refractivity contribution >= 4 is 22.8 Å². The maximum Gasteiger partial charge on any atom is 0.298 e. The van der Waals surface area contributed by atoms with Gasteiger partial charge in [0.2, 0.25) is 0 Å². The fourth-order valence-electron chi connectivity index (χ4n) is 2.07. The second-order valence-electron chi connectivity index (χ2n) is 4.71. The lowest BCUT2D eigenvalue weighted by Crippen LogP contribution is -2.16. The van der Waals surface area contributed by atoms with Gasteiger partial charge in [-0.2, -0.15) is 4.98 Å². The minimum atomic E-state index is -0.249. The Bertz CT molecular complexity index is 754. The Kier molecular flexibility index (Phi) is 3.02. The second kappa shape index (κ2) is 4.85. The van der Waals surface area contributed by atoms with Crippen LogP contribution in [0.2, 0.25) is 0 Å². The molecule has 0 aliphatic heterocycles. The molecule has 1 heterocycles. The van der Waals surface area contributed by atoms with E-state index in [-0.39, 0.29) is 5.82 Å². The van der Waals surface area contributed by atoms with Gasteiger partial charge >= 0.3 is 0 Å². The van der Waals surface area contributed by atoms with Crippen molar-refractivity contribution in [3.8, 4) is 0 Å². The van der Waals surface area contributed by atoms with Crippen molar-refractivity contribution in [2.24, 2.45) is 0 Å². The van der Waals surface area contributed by atoms with Gasteiger partial charge in [0.1, 0.15) is 11.3 Å². The molecule has 5 heteroatoms. The molecule has 0 radical (unpaired) electrons. The van der Waals surface area contributed by atoms with Crippen LogP contribution in [0.1, 0.15) is 5.56 Å². The summed E-state index contributed by atoms with van der Waals surface area (Å²) in [6, 6.07) is 12.3. The minimum Gasteiger partial charge on any atom is -0.423 e. The van der Waals surface area contributed by atoms with Crippen LogP contribution in [-0.4, -0.2) is 12.0 Å². The topological polar surface area (TPSA) is 55.3 Å². The SMILES string of the molecule is CN(Cc1cccc(F)c1)c1nc2cc(N)ccc2o1. The van der Waals surface area contributed by atoms with E-state index in [2.05, 4.69) is 4.98 Å². The highest BCUT2D eigenvalue weighted by molar-refractivity contribution is 5.78. The van der Waals surface area contributed by atoms with E-state index < -0.39 is 0 Å². The Morgan fingerprint density at radius 1 is 1.25 bits per heavy atom. The van der Waals surface area contributed by atoms with Crippen LogP contribution in [0.25, 0.3) is 11.1 Å². The largest absolute Gasteiger partial charge is 0.423 e. The summed E-state index contributed by atoms with van der Waals surface area (Å²) in [4.78, 5) is 6.20. The third-order valence-corrected chi connectivity index (χ3v) is 3.04. The van der Waals surface area contributed by atoms with E-state index in [0.29, 0.717) is 29.3 Å². The highest BCUT2D eigenvalue weighted by atomic mass is 19.1. The van der Waals surface area contributed by atoms with Crippen molar-refractivity contribution < 1.29 is 8.81 Å². The number of aromatic nitrogens is 1. The van der Waals surface area contributed by atoms with Crippen molar-refractivity contribution in [2.45, 2.75) is 6.54 Å². The van der Waals surface area contributed by atoms with Gasteiger partial charge in [0.25, 0.3) is 6.01 Å². The van der Waals surface area contributed by atoms with Gasteiger partial charge in [-0.3, -0.25) is 0 Å². The highest BCUT2D eigenvalue weighted by Gasteiger charge is 2.11. The van der Waals surface area contributed by atoms with Crippen LogP contribution in [-0.2, 0) is 6.54 Å². The third kappa shape index (κ3) is 2.42. The molecule has 0 bridgehead atoms. The summed E-state index contributed by atoms with van der Waals surface area (Å²) in [5.41, 5.74) is 8.61. The van der Waals surface area contributed by atoms with Crippen molar-refractivity contribution in [1.29, 1.82) is 0 Å². The standard InChI is InChI=1S/C15H14FN3O/c1-19(9-10-3-2-4-11(16)7-10)15-18-13-8-12(17)5-6-14(13)20-15/h2-8H,9,17H2,1H3. The molecule has 20 heavy (non-hydrogen) atoms. The van der Waals surface area contributed by atoms with E-state index in [1.807, 2.05) is 18.0 Å². The first kappa shape index (κ1) is 12.5. The monoisotopic (exact) mass is 271 g/mol. The summed E-state index contributed by atoms with van der Waals surface area (Å²) in [6.45, 7) is 0.514. The fourth-order valence-corrected chi connectivity index (χ4v) is 2.07. The van der Waals surface area contributed by atoms with E-state index in [4.69, 9.17) is 10.2 Å². The number of nitrogen functional groups attached to an aromatic ring is 1. The first-order valence-corrected chi connectivity index (χ1v) is 6.23. The molecule has 0 saturated carbocycles. The maximum atomic E-state index is 13.2. The number of fused-ring (bicyclic) bond motifs is 1. The predicted octanol–water partition coefficient (Wildman–Crippen LogP) is 3.19. The zero-order valence-electron chi connectivity index (χ0n) is 11.0. The quantitative estimate of drug-likeness (QED) is 0.743. The third-order valence-electron chi connectivity index (χ3n) is 3.04. The first-order valence-electron chi connectivity index (χ1n) is 6.23. The molecular weight excluding hydrogens is 257 g/mol. The average molecular weight is 271 g/mol. The van der Waals surface area contributed by atoms with E-state index in [1.54, 1.807) is 24.3 Å². The second-order valence-corrected chi connectivity index (χ2v) is 4.71. The number of rotatable bonds is 3. The van der Waals surface area contributed by atoms with Gasteiger partial charge in [-0.15, -0.1) is 0 Å². The van der Waals surface area contributed by atoms with E-state index in [1.165, 1.54) is 12.1 Å². The van der Waals surface area contributed by atoms with Crippen LogP contribution in [0.4, 0.5) is 16.1 Å². The summed E-state index contributed by atoms with van der Waals surface area (Å²) in [6.07, 6.45) is 0. The van der Waals surface area contributed by atoms with Crippen LogP contribution in [0, 0.1) is 5.82 Å². The maximum absolute atomic E-state index is 13.2. The smallest absolute Gasteiger partial charge is 0.298 e. The Labute approximate surface area is 115 Å². The van der Waals surface area contributed by atoms with Gasteiger partial charge in [0.05, 0.1) is 0 Å². The minimum absolute atomic E-state index is 0.249. The molecule has 0 unspecified atom stereocenters. The molecule has 2 N–H and O–H groups in total. The zero-order valence-corrected chi connectivity index (χ0v) is 11.0. The van der Waals surface area contributed by atoms with Gasteiger partial charge in [0.15, 0.2) is 5.58 Å². The van der Waals surface area contributed by atoms with Crippen LogP contribution >= 0.6 is 0 Å². The Morgan fingerprint density at radius 3 is 2.90 bits per heavy atom. The summed E-state index contributed by atoms with van der Waals surface area (Å²) >= 11 is 0. The Balaban J connectivity index is 1.86. The number of benzene rings is 2. The number of oxazole rings is 1. The lowest BCUT2D eigenvalue weighted by molar-refractivity contribution is 0.580. The summed E-state index contributed by atoms with van der Waals surface area (Å²) in [5, 5.41) is 0. The predicted molar refractivity (Wildman–Crippen MR) is 76.9 cm³/mol. The number of hydrogen-bond acceptors (Lipinski definition) is 4. The lowest BCUT2D eigenvalue weighted by Gasteiger charge is -2.14. The van der Waals surface area contributed by atoms with Gasteiger partial charge in [-0.05, 0) is 35.9 Å². The molecule has 2 aromatic carbocycles. The molecule has 3 aromatic rings. The number of anilines is 2. The first-order chi connectivity index (χ1) is 9.61. The van der Waals surface area contributed by atoms with Gasteiger partial charge in [-0.1, -0.05) is 12.1 Å². The molecule has 0 spiro atoms. The van der Waals surface area contributed by atoms with E-state index in [0.717, 1.165) is 5.56 Å².